The normalized spacial score (nSPS) is 12.0. The van der Waals surface area contributed by atoms with E-state index < -0.39 is 0 Å². The molecule has 1 unspecified atom stereocenters. The highest BCUT2D eigenvalue weighted by Crippen LogP contribution is 2.22. The van der Waals surface area contributed by atoms with E-state index in [1.807, 2.05) is 48.5 Å². The fourth-order valence-electron chi connectivity index (χ4n) is 2.28. The molecule has 1 N–H and O–H groups in total. The van der Waals surface area contributed by atoms with Crippen LogP contribution in [0.25, 0.3) is 5.69 Å². The largest absolute Gasteiger partial charge is 0.346 e. The molecule has 3 aromatic rings. The van der Waals surface area contributed by atoms with Crippen LogP contribution in [-0.4, -0.2) is 20.2 Å². The van der Waals surface area contributed by atoms with E-state index in [1.54, 1.807) is 4.68 Å². The zero-order valence-electron chi connectivity index (χ0n) is 11.8. The molecule has 1 aromatic heterocycles. The van der Waals surface area contributed by atoms with E-state index in [0.717, 1.165) is 12.1 Å². The van der Waals surface area contributed by atoms with E-state index in [9.17, 15) is 0 Å². The number of anilines is 1. The van der Waals surface area contributed by atoms with Crippen molar-refractivity contribution < 1.29 is 0 Å². The molecule has 1 atom stereocenters. The van der Waals surface area contributed by atoms with Crippen LogP contribution in [0.1, 0.15) is 24.9 Å². The van der Waals surface area contributed by atoms with E-state index in [2.05, 4.69) is 39.9 Å². The smallest absolute Gasteiger partial charge is 0.248 e. The maximum Gasteiger partial charge on any atom is 0.248 e. The van der Waals surface area contributed by atoms with Crippen LogP contribution >= 0.6 is 0 Å². The number of aromatic nitrogens is 4. The summed E-state index contributed by atoms with van der Waals surface area (Å²) in [6.45, 7) is 2.14. The van der Waals surface area contributed by atoms with Crippen molar-refractivity contribution in [2.24, 2.45) is 0 Å². The molecule has 21 heavy (non-hydrogen) atoms. The molecule has 1 heterocycles. The molecule has 0 radical (unpaired) electrons. The van der Waals surface area contributed by atoms with Gasteiger partial charge < -0.3 is 5.32 Å². The molecule has 5 nitrogen and oxygen atoms in total. The molecule has 3 rings (SSSR count). The number of tetrazole rings is 1. The van der Waals surface area contributed by atoms with Gasteiger partial charge >= 0.3 is 0 Å². The molecule has 0 amide bonds. The Morgan fingerprint density at radius 2 is 1.67 bits per heavy atom. The molecular weight excluding hydrogens is 262 g/mol. The molecule has 0 aliphatic heterocycles. The van der Waals surface area contributed by atoms with Gasteiger partial charge in [-0.2, -0.15) is 4.68 Å². The monoisotopic (exact) mass is 279 g/mol. The third-order valence-electron chi connectivity index (χ3n) is 3.38. The highest BCUT2D eigenvalue weighted by molar-refractivity contribution is 5.40. The van der Waals surface area contributed by atoms with Gasteiger partial charge in [0.2, 0.25) is 5.95 Å². The van der Waals surface area contributed by atoms with E-state index in [0.29, 0.717) is 5.95 Å². The molecule has 0 bridgehead atoms. The van der Waals surface area contributed by atoms with Crippen molar-refractivity contribution in [2.75, 3.05) is 5.32 Å². The van der Waals surface area contributed by atoms with E-state index in [4.69, 9.17) is 0 Å². The van der Waals surface area contributed by atoms with Crippen LogP contribution in [-0.2, 0) is 0 Å². The van der Waals surface area contributed by atoms with Crippen LogP contribution in [0, 0.1) is 0 Å². The summed E-state index contributed by atoms with van der Waals surface area (Å²) in [6.07, 6.45) is 0.950. The molecule has 106 valence electrons. The third-order valence-corrected chi connectivity index (χ3v) is 3.38. The van der Waals surface area contributed by atoms with E-state index in [1.165, 1.54) is 5.56 Å². The Morgan fingerprint density at radius 1 is 1.00 bits per heavy atom. The van der Waals surface area contributed by atoms with Crippen LogP contribution < -0.4 is 5.32 Å². The Bertz CT molecular complexity index is 678. The second-order valence-electron chi connectivity index (χ2n) is 4.77. The molecular formula is C16H17N5. The molecule has 5 heteroatoms. The summed E-state index contributed by atoms with van der Waals surface area (Å²) in [4.78, 5) is 0. The fourth-order valence-corrected chi connectivity index (χ4v) is 2.28. The second-order valence-corrected chi connectivity index (χ2v) is 4.77. The molecule has 0 saturated carbocycles. The quantitative estimate of drug-likeness (QED) is 0.779. The standard InChI is InChI=1S/C16H17N5/c1-2-15(13-9-5-3-6-10-13)17-16-18-19-20-21(16)14-11-7-4-8-12-14/h3-12,15H,2H2,1H3,(H,17,18,20). The number of hydrogen-bond acceptors (Lipinski definition) is 4. The summed E-state index contributed by atoms with van der Waals surface area (Å²) in [5, 5.41) is 15.4. The first-order valence-electron chi connectivity index (χ1n) is 7.03. The average Bonchev–Trinajstić information content (AvgIpc) is 3.02. The first-order valence-corrected chi connectivity index (χ1v) is 7.03. The topological polar surface area (TPSA) is 55.6 Å². The lowest BCUT2D eigenvalue weighted by atomic mass is 10.1. The van der Waals surface area contributed by atoms with Crippen LogP contribution in [0.3, 0.4) is 0 Å². The number of nitrogens with one attached hydrogen (secondary N) is 1. The van der Waals surface area contributed by atoms with Gasteiger partial charge in [-0.05, 0) is 34.5 Å². The van der Waals surface area contributed by atoms with Gasteiger partial charge in [0, 0.05) is 0 Å². The lowest BCUT2D eigenvalue weighted by Gasteiger charge is -2.17. The Hall–Kier alpha value is -2.69. The van der Waals surface area contributed by atoms with Gasteiger partial charge in [-0.3, -0.25) is 0 Å². The molecule has 0 aliphatic carbocycles. The van der Waals surface area contributed by atoms with Crippen molar-refractivity contribution in [3.8, 4) is 5.69 Å². The Labute approximate surface area is 123 Å². The van der Waals surface area contributed by atoms with Crippen molar-refractivity contribution in [1.29, 1.82) is 0 Å². The Kier molecular flexibility index (Phi) is 3.91. The summed E-state index contributed by atoms with van der Waals surface area (Å²) < 4.78 is 1.71. The molecule has 0 aliphatic rings. The van der Waals surface area contributed by atoms with E-state index >= 15 is 0 Å². The van der Waals surface area contributed by atoms with Crippen molar-refractivity contribution in [3.63, 3.8) is 0 Å². The lowest BCUT2D eigenvalue weighted by molar-refractivity contribution is 0.726. The van der Waals surface area contributed by atoms with Crippen molar-refractivity contribution >= 4 is 5.95 Å². The van der Waals surface area contributed by atoms with Crippen LogP contribution in [0.5, 0.6) is 0 Å². The average molecular weight is 279 g/mol. The third kappa shape index (κ3) is 2.91. The minimum absolute atomic E-state index is 0.180. The van der Waals surface area contributed by atoms with Crippen molar-refractivity contribution in [1.82, 2.24) is 20.2 Å². The van der Waals surface area contributed by atoms with Gasteiger partial charge in [0.25, 0.3) is 0 Å². The highest BCUT2D eigenvalue weighted by Gasteiger charge is 2.14. The van der Waals surface area contributed by atoms with Gasteiger partial charge in [0.05, 0.1) is 11.7 Å². The molecule has 0 spiro atoms. The lowest BCUT2D eigenvalue weighted by Crippen LogP contribution is -2.13. The number of benzene rings is 2. The summed E-state index contributed by atoms with van der Waals surface area (Å²) >= 11 is 0. The zero-order valence-corrected chi connectivity index (χ0v) is 11.8. The minimum Gasteiger partial charge on any atom is -0.346 e. The number of nitrogens with zero attached hydrogens (tertiary/aromatic N) is 4. The van der Waals surface area contributed by atoms with Crippen molar-refractivity contribution in [2.45, 2.75) is 19.4 Å². The van der Waals surface area contributed by atoms with Gasteiger partial charge in [0.15, 0.2) is 0 Å². The molecule has 0 saturated heterocycles. The van der Waals surface area contributed by atoms with Gasteiger partial charge in [-0.25, -0.2) is 0 Å². The van der Waals surface area contributed by atoms with E-state index in [-0.39, 0.29) is 6.04 Å². The first kappa shape index (κ1) is 13.3. The van der Waals surface area contributed by atoms with Crippen LogP contribution in [0.4, 0.5) is 5.95 Å². The van der Waals surface area contributed by atoms with Gasteiger partial charge in [-0.15, -0.1) is 0 Å². The first-order chi connectivity index (χ1) is 10.4. The maximum atomic E-state index is 4.10. The predicted molar refractivity (Wildman–Crippen MR) is 82.3 cm³/mol. The minimum atomic E-state index is 0.180. The summed E-state index contributed by atoms with van der Waals surface area (Å²) in [7, 11) is 0. The number of hydrogen-bond donors (Lipinski definition) is 1. The Morgan fingerprint density at radius 3 is 2.33 bits per heavy atom. The maximum absolute atomic E-state index is 4.10. The number of rotatable bonds is 5. The number of para-hydroxylation sites is 1. The van der Waals surface area contributed by atoms with Crippen LogP contribution in [0.2, 0.25) is 0 Å². The molecule has 0 fully saturated rings. The second kappa shape index (κ2) is 6.17. The van der Waals surface area contributed by atoms with Crippen molar-refractivity contribution in [3.05, 3.63) is 66.2 Å². The Balaban J connectivity index is 1.87. The SMILES string of the molecule is CCC(Nc1nnnn1-c1ccccc1)c1ccccc1. The summed E-state index contributed by atoms with van der Waals surface area (Å²) in [6, 6.07) is 20.4. The van der Waals surface area contributed by atoms with Crippen LogP contribution in [0.15, 0.2) is 60.7 Å². The van der Waals surface area contributed by atoms with Gasteiger partial charge in [0.1, 0.15) is 0 Å². The zero-order chi connectivity index (χ0) is 14.5. The summed E-state index contributed by atoms with van der Waals surface area (Å²) in [5.74, 6) is 0.650. The van der Waals surface area contributed by atoms with Gasteiger partial charge in [-0.1, -0.05) is 60.6 Å². The molecule has 2 aromatic carbocycles. The highest BCUT2D eigenvalue weighted by atomic mass is 15.6. The summed E-state index contributed by atoms with van der Waals surface area (Å²) in [5.41, 5.74) is 2.16. The fraction of sp³-hybridized carbons (Fsp3) is 0.188. The predicted octanol–water partition coefficient (Wildman–Crippen LogP) is 3.23.